The number of H-pyrrole nitrogens is 1. The van der Waals surface area contributed by atoms with E-state index in [0.29, 0.717) is 22.7 Å². The molecule has 0 spiro atoms. The average molecular weight is 492 g/mol. The summed E-state index contributed by atoms with van der Waals surface area (Å²) in [7, 11) is 0. The minimum atomic E-state index is -0.583. The van der Waals surface area contributed by atoms with Gasteiger partial charge in [0.1, 0.15) is 0 Å². The summed E-state index contributed by atoms with van der Waals surface area (Å²) >= 11 is 2.19. The minimum absolute atomic E-state index is 0.119. The van der Waals surface area contributed by atoms with Gasteiger partial charge in [0.05, 0.1) is 17.0 Å². The molecule has 3 rings (SSSR count). The lowest BCUT2D eigenvalue weighted by molar-refractivity contribution is 0.0954. The van der Waals surface area contributed by atoms with Crippen molar-refractivity contribution in [2.75, 3.05) is 0 Å². The number of aryl methyl sites for hydroxylation is 1. The number of amides is 1. The lowest BCUT2D eigenvalue weighted by Crippen LogP contribution is -2.23. The Morgan fingerprint density at radius 1 is 1.14 bits per heavy atom. The van der Waals surface area contributed by atoms with Gasteiger partial charge >= 0.3 is 0 Å². The molecule has 144 valence electrons. The van der Waals surface area contributed by atoms with E-state index in [0.717, 1.165) is 9.64 Å². The first-order valence-corrected chi connectivity index (χ1v) is 9.30. The van der Waals surface area contributed by atoms with Gasteiger partial charge in [-0.05, 0) is 78.9 Å². The number of halogens is 1. The minimum Gasteiger partial charge on any atom is -0.504 e. The summed E-state index contributed by atoms with van der Waals surface area (Å²) in [5, 5.41) is 25.8. The number of benzene rings is 2. The third-order valence-electron chi connectivity index (χ3n) is 4.08. The zero-order chi connectivity index (χ0) is 20.4. The Morgan fingerprint density at radius 2 is 1.82 bits per heavy atom. The molecule has 0 bridgehead atoms. The Kier molecular flexibility index (Phi) is 5.54. The van der Waals surface area contributed by atoms with Gasteiger partial charge in [0, 0.05) is 14.8 Å². The summed E-state index contributed by atoms with van der Waals surface area (Å²) in [6.45, 7) is 3.36. The van der Waals surface area contributed by atoms with Crippen molar-refractivity contribution in [1.82, 2.24) is 15.2 Å². The third kappa shape index (κ3) is 3.93. The number of aromatic nitrogens is 2. The van der Waals surface area contributed by atoms with Crippen molar-refractivity contribution in [1.29, 1.82) is 0 Å². The van der Waals surface area contributed by atoms with Crippen molar-refractivity contribution in [2.24, 2.45) is 5.10 Å². The monoisotopic (exact) mass is 492 g/mol. The number of nitrogens with one attached hydrogen (secondary N) is 2. The van der Waals surface area contributed by atoms with E-state index in [9.17, 15) is 19.8 Å². The van der Waals surface area contributed by atoms with Crippen LogP contribution in [0.4, 0.5) is 0 Å². The van der Waals surface area contributed by atoms with Crippen molar-refractivity contribution in [2.45, 2.75) is 13.8 Å². The molecule has 0 aliphatic carbocycles. The Labute approximate surface area is 173 Å². The first-order valence-electron chi connectivity index (χ1n) is 8.22. The molecule has 2 aromatic carbocycles. The molecule has 4 N–H and O–H groups in total. The number of phenolic OH excluding ortho intramolecular Hbond substituents is 2. The molecule has 0 atom stereocenters. The van der Waals surface area contributed by atoms with Gasteiger partial charge in [-0.3, -0.25) is 14.7 Å². The largest absolute Gasteiger partial charge is 0.504 e. The standard InChI is InChI=1S/C19H17IN4O4/c1-10(21-22-18(27)12-3-8-15(25)16(26)9-12)17-11(2)23-24(19(17)28)14-6-4-13(20)5-7-14/h3-9,23,25-26H,1-2H3,(H,22,27)/b21-10-. The van der Waals surface area contributed by atoms with Crippen LogP contribution in [0.3, 0.4) is 0 Å². The van der Waals surface area contributed by atoms with Crippen molar-refractivity contribution >= 4 is 34.2 Å². The van der Waals surface area contributed by atoms with Gasteiger partial charge in [0.2, 0.25) is 0 Å². The van der Waals surface area contributed by atoms with Gasteiger partial charge in [-0.1, -0.05) is 0 Å². The average Bonchev–Trinajstić information content (AvgIpc) is 2.96. The number of aromatic hydroxyl groups is 2. The topological polar surface area (TPSA) is 120 Å². The van der Waals surface area contributed by atoms with Gasteiger partial charge in [-0.2, -0.15) is 5.10 Å². The fraction of sp³-hybridized carbons (Fsp3) is 0.105. The van der Waals surface area contributed by atoms with E-state index < -0.39 is 11.7 Å². The Hall–Kier alpha value is -3.08. The molecule has 0 saturated heterocycles. The molecule has 0 unspecified atom stereocenters. The highest BCUT2D eigenvalue weighted by molar-refractivity contribution is 14.1. The van der Waals surface area contributed by atoms with Crippen LogP contribution in [-0.2, 0) is 0 Å². The maximum atomic E-state index is 12.8. The van der Waals surface area contributed by atoms with E-state index in [4.69, 9.17) is 0 Å². The number of carbonyl (C=O) groups is 1. The molecule has 0 aliphatic rings. The van der Waals surface area contributed by atoms with Gasteiger partial charge in [0.25, 0.3) is 11.5 Å². The molecule has 1 amide bonds. The van der Waals surface area contributed by atoms with Crippen LogP contribution in [0, 0.1) is 10.5 Å². The molecular formula is C19H17IN4O4. The first kappa shape index (κ1) is 19.7. The SMILES string of the molecule is C/C(=N/NC(=O)c1ccc(O)c(O)c1)c1c(C)[nH]n(-c2ccc(I)cc2)c1=O. The zero-order valence-electron chi connectivity index (χ0n) is 15.0. The van der Waals surface area contributed by atoms with Crippen molar-refractivity contribution in [3.63, 3.8) is 0 Å². The lowest BCUT2D eigenvalue weighted by atomic mass is 10.2. The van der Waals surface area contributed by atoms with E-state index >= 15 is 0 Å². The molecule has 0 fully saturated rings. The van der Waals surface area contributed by atoms with Crippen LogP contribution >= 0.6 is 22.6 Å². The number of hydrogen-bond acceptors (Lipinski definition) is 5. The molecule has 3 aromatic rings. The number of phenols is 2. The van der Waals surface area contributed by atoms with Gasteiger partial charge in [-0.15, -0.1) is 0 Å². The van der Waals surface area contributed by atoms with Gasteiger partial charge in [0.15, 0.2) is 11.5 Å². The summed E-state index contributed by atoms with van der Waals surface area (Å²) in [6, 6.07) is 11.1. The number of carbonyl (C=O) groups excluding carboxylic acids is 1. The fourth-order valence-corrected chi connectivity index (χ4v) is 3.02. The van der Waals surface area contributed by atoms with Crippen molar-refractivity contribution in [3.05, 3.63) is 73.2 Å². The third-order valence-corrected chi connectivity index (χ3v) is 4.80. The highest BCUT2D eigenvalue weighted by Gasteiger charge is 2.16. The van der Waals surface area contributed by atoms with Crippen LogP contribution in [0.2, 0.25) is 0 Å². The van der Waals surface area contributed by atoms with E-state index in [1.54, 1.807) is 13.8 Å². The second-order valence-corrected chi connectivity index (χ2v) is 7.32. The Morgan fingerprint density at radius 3 is 2.46 bits per heavy atom. The normalized spacial score (nSPS) is 11.5. The highest BCUT2D eigenvalue weighted by Crippen LogP contribution is 2.24. The second kappa shape index (κ2) is 7.89. The summed E-state index contributed by atoms with van der Waals surface area (Å²) in [5.74, 6) is -1.31. The van der Waals surface area contributed by atoms with Gasteiger partial charge in [-0.25, -0.2) is 10.1 Å². The molecule has 0 saturated carbocycles. The Bertz CT molecular complexity index is 1130. The Balaban J connectivity index is 1.86. The van der Waals surface area contributed by atoms with Crippen LogP contribution in [0.15, 0.2) is 52.4 Å². The van der Waals surface area contributed by atoms with E-state index in [2.05, 4.69) is 38.2 Å². The second-order valence-electron chi connectivity index (χ2n) is 6.07. The maximum Gasteiger partial charge on any atom is 0.280 e. The summed E-state index contributed by atoms with van der Waals surface area (Å²) < 4.78 is 2.47. The molecule has 1 aromatic heterocycles. The highest BCUT2D eigenvalue weighted by atomic mass is 127. The molecule has 28 heavy (non-hydrogen) atoms. The van der Waals surface area contributed by atoms with E-state index in [1.807, 2.05) is 24.3 Å². The molecule has 9 heteroatoms. The predicted molar refractivity (Wildman–Crippen MR) is 113 cm³/mol. The smallest absolute Gasteiger partial charge is 0.280 e. The van der Waals surface area contributed by atoms with Crippen LogP contribution in [0.25, 0.3) is 5.69 Å². The van der Waals surface area contributed by atoms with Crippen LogP contribution < -0.4 is 11.0 Å². The number of hydrogen-bond donors (Lipinski definition) is 4. The van der Waals surface area contributed by atoms with Crippen LogP contribution in [0.5, 0.6) is 11.5 Å². The van der Waals surface area contributed by atoms with Crippen molar-refractivity contribution in [3.8, 4) is 17.2 Å². The summed E-state index contributed by atoms with van der Waals surface area (Å²) in [5.41, 5.74) is 4.18. The number of rotatable bonds is 4. The maximum absolute atomic E-state index is 12.8. The summed E-state index contributed by atoms with van der Waals surface area (Å²) in [6.07, 6.45) is 0. The van der Waals surface area contributed by atoms with E-state index in [1.165, 1.54) is 16.8 Å². The molecule has 0 aliphatic heterocycles. The van der Waals surface area contributed by atoms with E-state index in [-0.39, 0.29) is 16.9 Å². The van der Waals surface area contributed by atoms with Crippen molar-refractivity contribution < 1.29 is 15.0 Å². The van der Waals surface area contributed by atoms with Gasteiger partial charge < -0.3 is 10.2 Å². The van der Waals surface area contributed by atoms with Crippen LogP contribution in [-0.4, -0.2) is 31.6 Å². The summed E-state index contributed by atoms with van der Waals surface area (Å²) in [4.78, 5) is 25.0. The fourth-order valence-electron chi connectivity index (χ4n) is 2.66. The number of nitrogens with zero attached hydrogens (tertiary/aromatic N) is 2. The lowest BCUT2D eigenvalue weighted by Gasteiger charge is -2.03. The quantitative estimate of drug-likeness (QED) is 0.194. The first-order chi connectivity index (χ1) is 13.3. The molecule has 1 heterocycles. The number of hydrazone groups is 1. The van der Waals surface area contributed by atoms with Crippen LogP contribution in [0.1, 0.15) is 28.5 Å². The molecule has 0 radical (unpaired) electrons. The zero-order valence-corrected chi connectivity index (χ0v) is 17.2. The number of aromatic amines is 1. The predicted octanol–water partition coefficient (Wildman–Crippen LogP) is 2.64. The molecular weight excluding hydrogens is 475 g/mol. The molecule has 8 nitrogen and oxygen atoms in total.